The van der Waals surface area contributed by atoms with E-state index in [0.29, 0.717) is 6.54 Å². The molecular formula is C12H17ClF2N2O. The van der Waals surface area contributed by atoms with Crippen molar-refractivity contribution >= 4 is 17.3 Å². The number of hydrogen-bond acceptors (Lipinski definition) is 3. The van der Waals surface area contributed by atoms with Crippen LogP contribution in [0.4, 0.5) is 14.5 Å². The smallest absolute Gasteiger partial charge is 0.387 e. The molecule has 102 valence electrons. The lowest BCUT2D eigenvalue weighted by Crippen LogP contribution is -2.34. The molecule has 3 N–H and O–H groups in total. The molecule has 18 heavy (non-hydrogen) atoms. The van der Waals surface area contributed by atoms with E-state index in [1.165, 1.54) is 6.07 Å². The van der Waals surface area contributed by atoms with Gasteiger partial charge in [0.15, 0.2) is 0 Å². The molecule has 3 nitrogen and oxygen atoms in total. The standard InChI is InChI=1S/C12H17ClF2N2O/c1-12(2,16)5-6-17-8-3-4-10(9(13)7-8)18-11(14)15/h3-4,7,11,17H,5-6,16H2,1-2H3. The highest BCUT2D eigenvalue weighted by molar-refractivity contribution is 6.32. The van der Waals surface area contributed by atoms with Crippen molar-refractivity contribution in [2.24, 2.45) is 5.73 Å². The van der Waals surface area contributed by atoms with Crippen molar-refractivity contribution in [3.8, 4) is 5.75 Å². The Morgan fingerprint density at radius 3 is 2.61 bits per heavy atom. The van der Waals surface area contributed by atoms with Gasteiger partial charge in [-0.25, -0.2) is 0 Å². The van der Waals surface area contributed by atoms with Crippen LogP contribution in [0.25, 0.3) is 0 Å². The molecule has 0 saturated carbocycles. The Bertz CT molecular complexity index is 394. The largest absolute Gasteiger partial charge is 0.433 e. The molecule has 0 unspecified atom stereocenters. The van der Waals surface area contributed by atoms with Crippen LogP contribution in [0.15, 0.2) is 18.2 Å². The van der Waals surface area contributed by atoms with E-state index in [2.05, 4.69) is 10.1 Å². The summed E-state index contributed by atoms with van der Waals surface area (Å²) in [5, 5.41) is 3.26. The van der Waals surface area contributed by atoms with Crippen LogP contribution < -0.4 is 15.8 Å². The number of nitrogens with two attached hydrogens (primary N) is 1. The molecule has 0 aliphatic heterocycles. The Balaban J connectivity index is 2.56. The molecule has 0 bridgehead atoms. The summed E-state index contributed by atoms with van der Waals surface area (Å²) in [6.07, 6.45) is 0.778. The van der Waals surface area contributed by atoms with Crippen LogP contribution in [0.1, 0.15) is 20.3 Å². The van der Waals surface area contributed by atoms with Crippen LogP contribution in [0.2, 0.25) is 5.02 Å². The van der Waals surface area contributed by atoms with Crippen LogP contribution in [0.3, 0.4) is 0 Å². The van der Waals surface area contributed by atoms with Gasteiger partial charge in [0.1, 0.15) is 5.75 Å². The summed E-state index contributed by atoms with van der Waals surface area (Å²) in [6, 6.07) is 4.58. The first kappa shape index (κ1) is 15.0. The van der Waals surface area contributed by atoms with Crippen molar-refractivity contribution in [3.05, 3.63) is 23.2 Å². The second kappa shape index (κ2) is 6.20. The number of alkyl halides is 2. The minimum absolute atomic E-state index is 0.0311. The van der Waals surface area contributed by atoms with E-state index < -0.39 is 6.61 Å². The number of nitrogens with one attached hydrogen (secondary N) is 1. The van der Waals surface area contributed by atoms with Crippen LogP contribution in [-0.4, -0.2) is 18.7 Å². The van der Waals surface area contributed by atoms with E-state index in [1.54, 1.807) is 12.1 Å². The summed E-state index contributed by atoms with van der Waals surface area (Å²) in [5.41, 5.74) is 6.33. The van der Waals surface area contributed by atoms with Crippen LogP contribution in [0.5, 0.6) is 5.75 Å². The fourth-order valence-electron chi connectivity index (χ4n) is 1.33. The lowest BCUT2D eigenvalue weighted by Gasteiger charge is -2.19. The molecule has 0 heterocycles. The second-order valence-corrected chi connectivity index (χ2v) is 5.10. The monoisotopic (exact) mass is 278 g/mol. The molecule has 0 fully saturated rings. The quantitative estimate of drug-likeness (QED) is 0.837. The molecule has 0 radical (unpaired) electrons. The Kier molecular flexibility index (Phi) is 5.16. The molecule has 0 atom stereocenters. The summed E-state index contributed by atoms with van der Waals surface area (Å²) in [6.45, 7) is 1.66. The zero-order chi connectivity index (χ0) is 13.8. The van der Waals surface area contributed by atoms with Gasteiger partial charge in [-0.15, -0.1) is 0 Å². The molecule has 0 aliphatic rings. The average Bonchev–Trinajstić information content (AvgIpc) is 2.19. The molecule has 0 spiro atoms. The number of hydrogen-bond donors (Lipinski definition) is 2. The number of ether oxygens (including phenoxy) is 1. The first-order valence-corrected chi connectivity index (χ1v) is 5.93. The number of halogens is 3. The van der Waals surface area contributed by atoms with Gasteiger partial charge in [0.2, 0.25) is 0 Å². The predicted octanol–water partition coefficient (Wildman–Crippen LogP) is 3.48. The molecule has 0 aromatic heterocycles. The zero-order valence-electron chi connectivity index (χ0n) is 10.3. The Hall–Kier alpha value is -1.07. The van der Waals surface area contributed by atoms with E-state index >= 15 is 0 Å². The first-order valence-electron chi connectivity index (χ1n) is 5.55. The summed E-state index contributed by atoms with van der Waals surface area (Å²) in [5.74, 6) is -0.0311. The highest BCUT2D eigenvalue weighted by Crippen LogP contribution is 2.28. The molecular weight excluding hydrogens is 262 g/mol. The van der Waals surface area contributed by atoms with Crippen molar-refractivity contribution in [1.82, 2.24) is 0 Å². The molecule has 1 aromatic carbocycles. The van der Waals surface area contributed by atoms with E-state index in [9.17, 15) is 8.78 Å². The fraction of sp³-hybridized carbons (Fsp3) is 0.500. The normalized spacial score (nSPS) is 11.7. The zero-order valence-corrected chi connectivity index (χ0v) is 11.1. The Labute approximate surface area is 110 Å². The van der Waals surface area contributed by atoms with Gasteiger partial charge >= 0.3 is 6.61 Å². The number of benzene rings is 1. The van der Waals surface area contributed by atoms with E-state index in [0.717, 1.165) is 12.1 Å². The first-order chi connectivity index (χ1) is 8.28. The summed E-state index contributed by atoms with van der Waals surface area (Å²) in [4.78, 5) is 0. The third kappa shape index (κ3) is 5.51. The summed E-state index contributed by atoms with van der Waals surface area (Å²) in [7, 11) is 0. The molecule has 0 saturated heterocycles. The molecule has 6 heteroatoms. The lowest BCUT2D eigenvalue weighted by atomic mass is 10.0. The van der Waals surface area contributed by atoms with Gasteiger partial charge in [0, 0.05) is 17.8 Å². The van der Waals surface area contributed by atoms with Crippen LogP contribution in [-0.2, 0) is 0 Å². The third-order valence-corrected chi connectivity index (χ3v) is 2.54. The SMILES string of the molecule is CC(C)(N)CCNc1ccc(OC(F)F)c(Cl)c1. The van der Waals surface area contributed by atoms with Gasteiger partial charge in [0.05, 0.1) is 5.02 Å². The Morgan fingerprint density at radius 2 is 2.11 bits per heavy atom. The number of rotatable bonds is 6. The van der Waals surface area contributed by atoms with Gasteiger partial charge in [-0.3, -0.25) is 0 Å². The van der Waals surface area contributed by atoms with E-state index in [1.807, 2.05) is 13.8 Å². The topological polar surface area (TPSA) is 47.3 Å². The second-order valence-electron chi connectivity index (χ2n) is 4.69. The molecule has 0 amide bonds. The number of anilines is 1. The van der Waals surface area contributed by atoms with Gasteiger partial charge in [-0.1, -0.05) is 11.6 Å². The minimum Gasteiger partial charge on any atom is -0.433 e. The van der Waals surface area contributed by atoms with E-state index in [-0.39, 0.29) is 16.3 Å². The minimum atomic E-state index is -2.88. The maximum atomic E-state index is 12.0. The van der Waals surface area contributed by atoms with Gasteiger partial charge < -0.3 is 15.8 Å². The van der Waals surface area contributed by atoms with Gasteiger partial charge in [-0.2, -0.15) is 8.78 Å². The van der Waals surface area contributed by atoms with Crippen molar-refractivity contribution in [2.45, 2.75) is 32.4 Å². The third-order valence-electron chi connectivity index (χ3n) is 2.25. The molecule has 1 aromatic rings. The van der Waals surface area contributed by atoms with Gasteiger partial charge in [0.25, 0.3) is 0 Å². The van der Waals surface area contributed by atoms with Crippen molar-refractivity contribution in [1.29, 1.82) is 0 Å². The molecule has 1 rings (SSSR count). The van der Waals surface area contributed by atoms with Crippen molar-refractivity contribution in [3.63, 3.8) is 0 Å². The van der Waals surface area contributed by atoms with Crippen LogP contribution >= 0.6 is 11.6 Å². The summed E-state index contributed by atoms with van der Waals surface area (Å²) >= 11 is 5.82. The highest BCUT2D eigenvalue weighted by atomic mass is 35.5. The lowest BCUT2D eigenvalue weighted by molar-refractivity contribution is -0.0497. The average molecular weight is 279 g/mol. The Morgan fingerprint density at radius 1 is 1.44 bits per heavy atom. The predicted molar refractivity (Wildman–Crippen MR) is 69.5 cm³/mol. The summed E-state index contributed by atoms with van der Waals surface area (Å²) < 4.78 is 28.3. The van der Waals surface area contributed by atoms with Crippen LogP contribution in [0, 0.1) is 0 Å². The molecule has 0 aliphatic carbocycles. The maximum absolute atomic E-state index is 12.0. The van der Waals surface area contributed by atoms with E-state index in [4.69, 9.17) is 17.3 Å². The van der Waals surface area contributed by atoms with Crippen molar-refractivity contribution < 1.29 is 13.5 Å². The van der Waals surface area contributed by atoms with Crippen molar-refractivity contribution in [2.75, 3.05) is 11.9 Å². The fourth-order valence-corrected chi connectivity index (χ4v) is 1.56. The maximum Gasteiger partial charge on any atom is 0.387 e. The highest BCUT2D eigenvalue weighted by Gasteiger charge is 2.11. The van der Waals surface area contributed by atoms with Gasteiger partial charge in [-0.05, 0) is 38.5 Å².